The molecule has 2 aromatic carbocycles. The van der Waals surface area contributed by atoms with Crippen LogP contribution in [0.2, 0.25) is 5.02 Å². The van der Waals surface area contributed by atoms with Gasteiger partial charge in [0.15, 0.2) is 0 Å². The lowest BCUT2D eigenvalue weighted by molar-refractivity contribution is -0.121. The van der Waals surface area contributed by atoms with Gasteiger partial charge in [-0.3, -0.25) is 9.59 Å². The van der Waals surface area contributed by atoms with Crippen LogP contribution in [0.1, 0.15) is 23.2 Å². The first-order valence-electron chi connectivity index (χ1n) is 8.35. The largest absolute Gasteiger partial charge is 0.398 e. The molecule has 3 N–H and O–H groups in total. The van der Waals surface area contributed by atoms with Gasteiger partial charge in [0.25, 0.3) is 5.91 Å². The Labute approximate surface area is 155 Å². The molecule has 1 saturated heterocycles. The number of carbonyl (C=O) groups is 2. The zero-order valence-electron chi connectivity index (χ0n) is 14.0. The second-order valence-electron chi connectivity index (χ2n) is 6.27. The number of piperidine rings is 1. The molecule has 1 heterocycles. The zero-order chi connectivity index (χ0) is 18.7. The molecule has 7 heteroatoms. The fourth-order valence-corrected chi connectivity index (χ4v) is 3.21. The summed E-state index contributed by atoms with van der Waals surface area (Å²) in [6.45, 7) is 0.963. The Morgan fingerprint density at radius 1 is 1.15 bits per heavy atom. The topological polar surface area (TPSA) is 75.4 Å². The molecule has 0 aromatic heterocycles. The third-order valence-corrected chi connectivity index (χ3v) is 4.82. The minimum absolute atomic E-state index is 0.0383. The highest BCUT2D eigenvalue weighted by molar-refractivity contribution is 6.31. The van der Waals surface area contributed by atoms with E-state index in [0.29, 0.717) is 42.9 Å². The third kappa shape index (κ3) is 3.96. The fraction of sp³-hybridized carbons (Fsp3) is 0.263. The summed E-state index contributed by atoms with van der Waals surface area (Å²) in [5.41, 5.74) is 7.25. The lowest BCUT2D eigenvalue weighted by Gasteiger charge is -2.31. The number of nitrogens with one attached hydrogen (secondary N) is 1. The SMILES string of the molecule is Nc1ccccc1C(=O)N1CCC(C(=O)Nc2ccc(F)c(Cl)c2)CC1. The van der Waals surface area contributed by atoms with Gasteiger partial charge in [0.2, 0.25) is 5.91 Å². The van der Waals surface area contributed by atoms with Crippen LogP contribution in [0.3, 0.4) is 0 Å². The van der Waals surface area contributed by atoms with Gasteiger partial charge in [0, 0.05) is 30.4 Å². The van der Waals surface area contributed by atoms with Crippen molar-refractivity contribution >= 4 is 34.8 Å². The van der Waals surface area contributed by atoms with Crippen LogP contribution in [0.5, 0.6) is 0 Å². The van der Waals surface area contributed by atoms with E-state index in [0.717, 1.165) is 0 Å². The van der Waals surface area contributed by atoms with Gasteiger partial charge in [-0.25, -0.2) is 4.39 Å². The van der Waals surface area contributed by atoms with Crippen LogP contribution in [-0.4, -0.2) is 29.8 Å². The monoisotopic (exact) mass is 375 g/mol. The molecule has 1 aliphatic rings. The van der Waals surface area contributed by atoms with Crippen LogP contribution >= 0.6 is 11.6 Å². The van der Waals surface area contributed by atoms with Gasteiger partial charge < -0.3 is 16.0 Å². The molecule has 5 nitrogen and oxygen atoms in total. The number of nitrogens with two attached hydrogens (primary N) is 1. The molecule has 136 valence electrons. The van der Waals surface area contributed by atoms with Crippen LogP contribution < -0.4 is 11.1 Å². The number of hydrogen-bond donors (Lipinski definition) is 2. The Hall–Kier alpha value is -2.60. The number of para-hydroxylation sites is 1. The predicted octanol–water partition coefficient (Wildman–Crippen LogP) is 3.55. The summed E-state index contributed by atoms with van der Waals surface area (Å²) in [6.07, 6.45) is 1.11. The van der Waals surface area contributed by atoms with E-state index in [-0.39, 0.29) is 22.8 Å². The Morgan fingerprint density at radius 2 is 1.85 bits per heavy atom. The molecule has 0 spiro atoms. The van der Waals surface area contributed by atoms with E-state index in [1.807, 2.05) is 0 Å². The van der Waals surface area contributed by atoms with E-state index in [9.17, 15) is 14.0 Å². The highest BCUT2D eigenvalue weighted by atomic mass is 35.5. The summed E-state index contributed by atoms with van der Waals surface area (Å²) in [7, 11) is 0. The van der Waals surface area contributed by atoms with Crippen molar-refractivity contribution < 1.29 is 14.0 Å². The Bertz CT molecular complexity index is 835. The first-order chi connectivity index (χ1) is 12.5. The van der Waals surface area contributed by atoms with Gasteiger partial charge in [-0.15, -0.1) is 0 Å². The van der Waals surface area contributed by atoms with Crippen molar-refractivity contribution in [3.63, 3.8) is 0 Å². The van der Waals surface area contributed by atoms with Crippen LogP contribution in [-0.2, 0) is 4.79 Å². The molecule has 0 radical (unpaired) electrons. The van der Waals surface area contributed by atoms with E-state index in [2.05, 4.69) is 5.32 Å². The molecular weight excluding hydrogens is 357 g/mol. The number of anilines is 2. The van der Waals surface area contributed by atoms with Crippen LogP contribution in [0.15, 0.2) is 42.5 Å². The summed E-state index contributed by atoms with van der Waals surface area (Å²) in [5.74, 6) is -1.01. The quantitative estimate of drug-likeness (QED) is 0.805. The molecule has 0 bridgehead atoms. The minimum atomic E-state index is -0.531. The van der Waals surface area contributed by atoms with Gasteiger partial charge >= 0.3 is 0 Å². The molecular formula is C19H19ClFN3O2. The van der Waals surface area contributed by atoms with Crippen molar-refractivity contribution in [1.82, 2.24) is 4.90 Å². The van der Waals surface area contributed by atoms with Crippen molar-refractivity contribution in [2.75, 3.05) is 24.1 Å². The summed E-state index contributed by atoms with van der Waals surface area (Å²) < 4.78 is 13.2. The van der Waals surface area contributed by atoms with E-state index in [4.69, 9.17) is 17.3 Å². The van der Waals surface area contributed by atoms with Crippen molar-refractivity contribution in [3.05, 3.63) is 58.9 Å². The standard InChI is InChI=1S/C19H19ClFN3O2/c20-15-11-13(5-6-16(15)21)23-18(25)12-7-9-24(10-8-12)19(26)14-3-1-2-4-17(14)22/h1-6,11-12H,7-10,22H2,(H,23,25). The van der Waals surface area contributed by atoms with Crippen LogP contribution in [0.25, 0.3) is 0 Å². The highest BCUT2D eigenvalue weighted by Crippen LogP contribution is 2.24. The Morgan fingerprint density at radius 3 is 2.50 bits per heavy atom. The van der Waals surface area contributed by atoms with E-state index < -0.39 is 5.82 Å². The van der Waals surface area contributed by atoms with Gasteiger partial charge in [0.1, 0.15) is 5.82 Å². The van der Waals surface area contributed by atoms with Gasteiger partial charge in [0.05, 0.1) is 10.6 Å². The third-order valence-electron chi connectivity index (χ3n) is 4.53. The number of amides is 2. The number of rotatable bonds is 3. The zero-order valence-corrected chi connectivity index (χ0v) is 14.8. The molecule has 3 rings (SSSR count). The summed E-state index contributed by atoms with van der Waals surface area (Å²) in [4.78, 5) is 26.7. The Balaban J connectivity index is 1.57. The lowest BCUT2D eigenvalue weighted by atomic mass is 9.95. The van der Waals surface area contributed by atoms with Crippen LogP contribution in [0, 0.1) is 11.7 Å². The molecule has 1 fully saturated rings. The Kier molecular flexibility index (Phi) is 5.42. The number of benzene rings is 2. The van der Waals surface area contributed by atoms with Gasteiger partial charge in [-0.2, -0.15) is 0 Å². The number of nitrogen functional groups attached to an aromatic ring is 1. The molecule has 0 aliphatic carbocycles. The molecule has 1 aliphatic heterocycles. The molecule has 0 unspecified atom stereocenters. The summed E-state index contributed by atoms with van der Waals surface area (Å²) in [5, 5.41) is 2.71. The maximum Gasteiger partial charge on any atom is 0.255 e. The number of likely N-dealkylation sites (tertiary alicyclic amines) is 1. The van der Waals surface area contributed by atoms with Crippen LogP contribution in [0.4, 0.5) is 15.8 Å². The normalized spacial score (nSPS) is 14.9. The molecule has 26 heavy (non-hydrogen) atoms. The van der Waals surface area contributed by atoms with Crippen molar-refractivity contribution in [1.29, 1.82) is 0 Å². The minimum Gasteiger partial charge on any atom is -0.398 e. The van der Waals surface area contributed by atoms with Gasteiger partial charge in [-0.05, 0) is 43.2 Å². The first kappa shape index (κ1) is 18.2. The number of carbonyl (C=O) groups excluding carboxylic acids is 2. The van der Waals surface area contributed by atoms with Crippen molar-refractivity contribution in [2.24, 2.45) is 5.92 Å². The first-order valence-corrected chi connectivity index (χ1v) is 8.73. The smallest absolute Gasteiger partial charge is 0.255 e. The summed E-state index contributed by atoms with van der Waals surface area (Å²) >= 11 is 5.73. The maximum atomic E-state index is 13.2. The average Bonchev–Trinajstić information content (AvgIpc) is 2.65. The molecule has 0 saturated carbocycles. The number of hydrogen-bond acceptors (Lipinski definition) is 3. The fourth-order valence-electron chi connectivity index (χ4n) is 3.03. The second kappa shape index (κ2) is 7.74. The summed E-state index contributed by atoms with van der Waals surface area (Å²) in [6, 6.07) is 11.0. The average molecular weight is 376 g/mol. The molecule has 2 aromatic rings. The van der Waals surface area contributed by atoms with E-state index in [1.54, 1.807) is 29.2 Å². The molecule has 0 atom stereocenters. The lowest BCUT2D eigenvalue weighted by Crippen LogP contribution is -2.41. The second-order valence-corrected chi connectivity index (χ2v) is 6.68. The van der Waals surface area contributed by atoms with Gasteiger partial charge in [-0.1, -0.05) is 23.7 Å². The van der Waals surface area contributed by atoms with E-state index in [1.165, 1.54) is 18.2 Å². The van der Waals surface area contributed by atoms with E-state index >= 15 is 0 Å². The van der Waals surface area contributed by atoms with Crippen molar-refractivity contribution in [3.8, 4) is 0 Å². The number of halogens is 2. The highest BCUT2D eigenvalue weighted by Gasteiger charge is 2.28. The number of nitrogens with zero attached hydrogens (tertiary/aromatic N) is 1. The maximum absolute atomic E-state index is 13.2. The predicted molar refractivity (Wildman–Crippen MR) is 99.5 cm³/mol. The van der Waals surface area contributed by atoms with Crippen molar-refractivity contribution in [2.45, 2.75) is 12.8 Å². The molecule has 2 amide bonds.